The minimum atomic E-state index is 0.314. The molecule has 0 radical (unpaired) electrons. The molecule has 1 fully saturated rings. The van der Waals surface area contributed by atoms with Gasteiger partial charge in [-0.15, -0.1) is 0 Å². The second kappa shape index (κ2) is 5.34. The van der Waals surface area contributed by atoms with Gasteiger partial charge in [0.15, 0.2) is 0 Å². The summed E-state index contributed by atoms with van der Waals surface area (Å²) >= 11 is 0. The van der Waals surface area contributed by atoms with Crippen LogP contribution < -0.4 is 10.1 Å². The largest absolute Gasteiger partial charge is 0.474 e. The molecule has 0 amide bonds. The summed E-state index contributed by atoms with van der Waals surface area (Å²) in [5.41, 5.74) is 0. The van der Waals surface area contributed by atoms with Gasteiger partial charge < -0.3 is 10.1 Å². The molecule has 1 N–H and O–H groups in total. The molecule has 0 saturated heterocycles. The topological polar surface area (TPSA) is 47.0 Å². The molecular formula is C13H21N3O. The average molecular weight is 235 g/mol. The zero-order valence-electron chi connectivity index (χ0n) is 10.9. The fraction of sp³-hybridized carbons (Fsp3) is 0.692. The van der Waals surface area contributed by atoms with Crippen molar-refractivity contribution in [2.75, 3.05) is 12.4 Å². The molecule has 1 aliphatic carbocycles. The van der Waals surface area contributed by atoms with E-state index in [-0.39, 0.29) is 0 Å². The standard InChI is InChI=1S/C13H21N3O/c1-9(2)13-15-11(14-3)8-12(16-13)17-10-6-4-5-7-10/h8-10H,4-7H2,1-3H3,(H,14,15,16). The predicted molar refractivity (Wildman–Crippen MR) is 68.6 cm³/mol. The Bertz CT molecular complexity index is 373. The van der Waals surface area contributed by atoms with Gasteiger partial charge in [0.25, 0.3) is 0 Å². The second-order valence-corrected chi connectivity index (χ2v) is 4.88. The Morgan fingerprint density at radius 1 is 1.29 bits per heavy atom. The van der Waals surface area contributed by atoms with Crippen LogP contribution in [0.1, 0.15) is 51.3 Å². The fourth-order valence-corrected chi connectivity index (χ4v) is 2.07. The molecule has 1 heterocycles. The summed E-state index contributed by atoms with van der Waals surface area (Å²) in [5.74, 6) is 2.69. The highest BCUT2D eigenvalue weighted by Gasteiger charge is 2.18. The summed E-state index contributed by atoms with van der Waals surface area (Å²) in [6.45, 7) is 4.18. The van der Waals surface area contributed by atoms with Gasteiger partial charge in [-0.3, -0.25) is 0 Å². The van der Waals surface area contributed by atoms with Crippen molar-refractivity contribution < 1.29 is 4.74 Å². The van der Waals surface area contributed by atoms with Crippen molar-refractivity contribution in [3.8, 4) is 5.88 Å². The third kappa shape index (κ3) is 3.08. The van der Waals surface area contributed by atoms with Crippen molar-refractivity contribution in [1.29, 1.82) is 0 Å². The number of hydrogen-bond acceptors (Lipinski definition) is 4. The van der Waals surface area contributed by atoms with Crippen LogP contribution in [0.4, 0.5) is 5.82 Å². The van der Waals surface area contributed by atoms with E-state index in [0.29, 0.717) is 17.9 Å². The summed E-state index contributed by atoms with van der Waals surface area (Å²) < 4.78 is 5.92. The van der Waals surface area contributed by atoms with Gasteiger partial charge >= 0.3 is 0 Å². The van der Waals surface area contributed by atoms with E-state index in [0.717, 1.165) is 24.5 Å². The van der Waals surface area contributed by atoms with Crippen molar-refractivity contribution in [2.45, 2.75) is 51.6 Å². The van der Waals surface area contributed by atoms with Crippen molar-refractivity contribution in [3.05, 3.63) is 11.9 Å². The van der Waals surface area contributed by atoms with E-state index >= 15 is 0 Å². The Balaban J connectivity index is 2.16. The van der Waals surface area contributed by atoms with Crippen LogP contribution in [0, 0.1) is 0 Å². The number of nitrogens with one attached hydrogen (secondary N) is 1. The Labute approximate surface area is 103 Å². The number of rotatable bonds is 4. The van der Waals surface area contributed by atoms with E-state index in [4.69, 9.17) is 4.74 Å². The van der Waals surface area contributed by atoms with Crippen LogP contribution in [0.25, 0.3) is 0 Å². The van der Waals surface area contributed by atoms with Crippen LogP contribution in [-0.4, -0.2) is 23.1 Å². The molecule has 1 saturated carbocycles. The Morgan fingerprint density at radius 2 is 2.00 bits per heavy atom. The molecule has 1 aliphatic rings. The maximum Gasteiger partial charge on any atom is 0.219 e. The second-order valence-electron chi connectivity index (χ2n) is 4.88. The SMILES string of the molecule is CNc1cc(OC2CCCC2)nc(C(C)C)n1. The van der Waals surface area contributed by atoms with Crippen LogP contribution in [0.3, 0.4) is 0 Å². The van der Waals surface area contributed by atoms with Crippen molar-refractivity contribution in [1.82, 2.24) is 9.97 Å². The monoisotopic (exact) mass is 235 g/mol. The highest BCUT2D eigenvalue weighted by Crippen LogP contribution is 2.25. The van der Waals surface area contributed by atoms with E-state index in [1.807, 2.05) is 13.1 Å². The van der Waals surface area contributed by atoms with E-state index in [1.165, 1.54) is 12.8 Å². The molecule has 0 aromatic carbocycles. The Morgan fingerprint density at radius 3 is 2.59 bits per heavy atom. The first-order chi connectivity index (χ1) is 8.19. The van der Waals surface area contributed by atoms with Crippen LogP contribution in [0.15, 0.2) is 6.07 Å². The van der Waals surface area contributed by atoms with E-state index in [9.17, 15) is 0 Å². The third-order valence-corrected chi connectivity index (χ3v) is 3.08. The highest BCUT2D eigenvalue weighted by atomic mass is 16.5. The molecule has 0 unspecified atom stereocenters. The molecule has 4 heteroatoms. The lowest BCUT2D eigenvalue weighted by atomic mass is 10.2. The van der Waals surface area contributed by atoms with E-state index in [2.05, 4.69) is 29.1 Å². The Kier molecular flexibility index (Phi) is 3.82. The minimum Gasteiger partial charge on any atom is -0.474 e. The lowest BCUT2D eigenvalue weighted by molar-refractivity contribution is 0.200. The summed E-state index contributed by atoms with van der Waals surface area (Å²) in [4.78, 5) is 8.89. The molecule has 4 nitrogen and oxygen atoms in total. The van der Waals surface area contributed by atoms with E-state index in [1.54, 1.807) is 0 Å². The zero-order valence-corrected chi connectivity index (χ0v) is 10.9. The van der Waals surface area contributed by atoms with Crippen LogP contribution in [0.2, 0.25) is 0 Å². The van der Waals surface area contributed by atoms with Crippen molar-refractivity contribution in [2.24, 2.45) is 0 Å². The molecule has 17 heavy (non-hydrogen) atoms. The van der Waals surface area contributed by atoms with Gasteiger partial charge in [-0.05, 0) is 25.7 Å². The average Bonchev–Trinajstić information content (AvgIpc) is 2.81. The third-order valence-electron chi connectivity index (χ3n) is 3.08. The van der Waals surface area contributed by atoms with Gasteiger partial charge in [0, 0.05) is 19.0 Å². The molecule has 0 atom stereocenters. The molecule has 1 aromatic rings. The van der Waals surface area contributed by atoms with Gasteiger partial charge in [-0.2, -0.15) is 4.98 Å². The van der Waals surface area contributed by atoms with Crippen LogP contribution >= 0.6 is 0 Å². The smallest absolute Gasteiger partial charge is 0.219 e. The van der Waals surface area contributed by atoms with Crippen LogP contribution in [-0.2, 0) is 0 Å². The number of aromatic nitrogens is 2. The maximum absolute atomic E-state index is 5.92. The summed E-state index contributed by atoms with van der Waals surface area (Å²) in [6, 6.07) is 1.88. The zero-order chi connectivity index (χ0) is 12.3. The van der Waals surface area contributed by atoms with Gasteiger partial charge in [-0.25, -0.2) is 4.98 Å². The number of ether oxygens (including phenoxy) is 1. The molecule has 0 aliphatic heterocycles. The maximum atomic E-state index is 5.92. The number of nitrogens with zero attached hydrogens (tertiary/aromatic N) is 2. The minimum absolute atomic E-state index is 0.314. The molecule has 1 aromatic heterocycles. The van der Waals surface area contributed by atoms with Gasteiger partial charge in [0.1, 0.15) is 17.7 Å². The molecule has 2 rings (SSSR count). The van der Waals surface area contributed by atoms with E-state index < -0.39 is 0 Å². The molecule has 0 spiro atoms. The quantitative estimate of drug-likeness (QED) is 0.871. The first kappa shape index (κ1) is 12.1. The normalized spacial score (nSPS) is 16.5. The predicted octanol–water partition coefficient (Wildman–Crippen LogP) is 2.96. The number of anilines is 1. The lowest BCUT2D eigenvalue weighted by Crippen LogP contribution is -2.13. The lowest BCUT2D eigenvalue weighted by Gasteiger charge is -2.14. The number of hydrogen-bond donors (Lipinski definition) is 1. The molecule has 0 bridgehead atoms. The summed E-state index contributed by atoms with van der Waals surface area (Å²) in [6.07, 6.45) is 5.18. The first-order valence-corrected chi connectivity index (χ1v) is 6.42. The van der Waals surface area contributed by atoms with Crippen LogP contribution in [0.5, 0.6) is 5.88 Å². The Hall–Kier alpha value is -1.32. The van der Waals surface area contributed by atoms with Gasteiger partial charge in [-0.1, -0.05) is 13.8 Å². The van der Waals surface area contributed by atoms with Gasteiger partial charge in [0.2, 0.25) is 5.88 Å². The first-order valence-electron chi connectivity index (χ1n) is 6.42. The summed E-state index contributed by atoms with van der Waals surface area (Å²) in [5, 5.41) is 3.06. The highest BCUT2D eigenvalue weighted by molar-refractivity contribution is 5.38. The van der Waals surface area contributed by atoms with Crippen molar-refractivity contribution in [3.63, 3.8) is 0 Å². The summed E-state index contributed by atoms with van der Waals surface area (Å²) in [7, 11) is 1.87. The molecule has 94 valence electrons. The fourth-order valence-electron chi connectivity index (χ4n) is 2.07. The molecular weight excluding hydrogens is 214 g/mol. The van der Waals surface area contributed by atoms with Gasteiger partial charge in [0.05, 0.1) is 0 Å². The van der Waals surface area contributed by atoms with Crippen molar-refractivity contribution >= 4 is 5.82 Å².